The van der Waals surface area contributed by atoms with Crippen LogP contribution in [0.1, 0.15) is 24.3 Å². The number of carboxylic acid groups (broad SMARTS) is 1. The predicted octanol–water partition coefficient (Wildman–Crippen LogP) is 2.16. The van der Waals surface area contributed by atoms with Crippen molar-refractivity contribution in [3.63, 3.8) is 0 Å². The molecule has 14 heavy (non-hydrogen) atoms. The maximum Gasteiger partial charge on any atom is 0.303 e. The van der Waals surface area contributed by atoms with E-state index in [-0.39, 0.29) is 18.8 Å². The topological polar surface area (TPSA) is 61.1 Å². The quantitative estimate of drug-likeness (QED) is 0.789. The van der Waals surface area contributed by atoms with Crippen molar-refractivity contribution >= 4 is 5.97 Å². The van der Waals surface area contributed by atoms with Gasteiger partial charge in [0.05, 0.1) is 12.5 Å². The van der Waals surface area contributed by atoms with Gasteiger partial charge in [-0.3, -0.25) is 4.79 Å². The van der Waals surface area contributed by atoms with E-state index in [2.05, 4.69) is 0 Å². The predicted molar refractivity (Wildman–Crippen MR) is 51.7 cm³/mol. The van der Waals surface area contributed by atoms with Gasteiger partial charge in [0.2, 0.25) is 0 Å². The van der Waals surface area contributed by atoms with Crippen molar-refractivity contribution in [1.82, 2.24) is 0 Å². The van der Waals surface area contributed by atoms with Crippen molar-refractivity contribution in [2.45, 2.75) is 18.8 Å². The molecule has 3 nitrogen and oxygen atoms in total. The second-order valence-corrected chi connectivity index (χ2v) is 3.07. The van der Waals surface area contributed by atoms with E-state index in [1.165, 1.54) is 0 Å². The summed E-state index contributed by atoms with van der Waals surface area (Å²) < 4.78 is 0. The summed E-state index contributed by atoms with van der Waals surface area (Å²) in [5, 5.41) is 17.2. The van der Waals surface area contributed by atoms with Gasteiger partial charge in [0.1, 0.15) is 0 Å². The van der Waals surface area contributed by atoms with Gasteiger partial charge >= 0.3 is 5.97 Å². The van der Waals surface area contributed by atoms with Crippen LogP contribution in [0.5, 0.6) is 0 Å². The number of nitriles is 1. The minimum Gasteiger partial charge on any atom is -0.481 e. The maximum atomic E-state index is 10.5. The molecule has 1 aromatic carbocycles. The zero-order valence-corrected chi connectivity index (χ0v) is 7.68. The Morgan fingerprint density at radius 2 is 2.07 bits per heavy atom. The Kier molecular flexibility index (Phi) is 3.69. The molecule has 72 valence electrons. The molecule has 0 aromatic heterocycles. The zero-order valence-electron chi connectivity index (χ0n) is 7.68. The highest BCUT2D eigenvalue weighted by Crippen LogP contribution is 2.22. The zero-order chi connectivity index (χ0) is 10.4. The van der Waals surface area contributed by atoms with E-state index in [0.717, 1.165) is 5.56 Å². The van der Waals surface area contributed by atoms with E-state index in [1.807, 2.05) is 36.4 Å². The highest BCUT2D eigenvalue weighted by Gasteiger charge is 2.14. The highest BCUT2D eigenvalue weighted by molar-refractivity contribution is 5.68. The molecule has 0 heterocycles. The van der Waals surface area contributed by atoms with Crippen LogP contribution < -0.4 is 0 Å². The van der Waals surface area contributed by atoms with Gasteiger partial charge in [-0.05, 0) is 5.56 Å². The van der Waals surface area contributed by atoms with Gasteiger partial charge in [-0.15, -0.1) is 0 Å². The lowest BCUT2D eigenvalue weighted by atomic mass is 9.93. The molecule has 0 aliphatic carbocycles. The molecular weight excluding hydrogens is 178 g/mol. The van der Waals surface area contributed by atoms with Crippen LogP contribution in [-0.2, 0) is 4.79 Å². The fourth-order valence-electron chi connectivity index (χ4n) is 1.35. The summed E-state index contributed by atoms with van der Waals surface area (Å²) in [5.74, 6) is -1.06. The van der Waals surface area contributed by atoms with Crippen LogP contribution in [-0.4, -0.2) is 11.1 Å². The van der Waals surface area contributed by atoms with Gasteiger partial charge in [0, 0.05) is 12.3 Å². The minimum absolute atomic E-state index is 0.0115. The van der Waals surface area contributed by atoms with Crippen molar-refractivity contribution in [3.8, 4) is 6.07 Å². The van der Waals surface area contributed by atoms with Crippen LogP contribution in [0.4, 0.5) is 0 Å². The molecule has 0 aliphatic rings. The molecule has 0 radical (unpaired) electrons. The Hall–Kier alpha value is -1.82. The monoisotopic (exact) mass is 189 g/mol. The fraction of sp³-hybridized carbons (Fsp3) is 0.273. The van der Waals surface area contributed by atoms with Crippen LogP contribution in [0.25, 0.3) is 0 Å². The first-order valence-electron chi connectivity index (χ1n) is 4.37. The van der Waals surface area contributed by atoms with Crippen LogP contribution in [0.15, 0.2) is 30.3 Å². The summed E-state index contributed by atoms with van der Waals surface area (Å²) in [7, 11) is 0. The number of hydrogen-bond donors (Lipinski definition) is 1. The summed E-state index contributed by atoms with van der Waals surface area (Å²) in [6.45, 7) is 0. The second kappa shape index (κ2) is 5.03. The smallest absolute Gasteiger partial charge is 0.303 e. The standard InChI is InChI=1S/C11H11NO2/c12-7-6-10(8-11(13)14)9-4-2-1-3-5-9/h1-5,10H,6,8H2,(H,13,14). The Labute approximate surface area is 82.6 Å². The Morgan fingerprint density at radius 1 is 1.43 bits per heavy atom. The number of carbonyl (C=O) groups is 1. The molecule has 0 bridgehead atoms. The second-order valence-electron chi connectivity index (χ2n) is 3.07. The first-order chi connectivity index (χ1) is 6.74. The minimum atomic E-state index is -0.867. The molecule has 1 atom stereocenters. The molecule has 1 unspecified atom stereocenters. The Morgan fingerprint density at radius 3 is 2.57 bits per heavy atom. The van der Waals surface area contributed by atoms with Crippen molar-refractivity contribution in [1.29, 1.82) is 5.26 Å². The van der Waals surface area contributed by atoms with E-state index in [1.54, 1.807) is 0 Å². The molecule has 0 spiro atoms. The van der Waals surface area contributed by atoms with E-state index in [9.17, 15) is 4.79 Å². The molecule has 0 saturated heterocycles. The van der Waals surface area contributed by atoms with E-state index in [0.29, 0.717) is 0 Å². The number of rotatable bonds is 4. The van der Waals surface area contributed by atoms with Crippen molar-refractivity contribution in [2.24, 2.45) is 0 Å². The van der Waals surface area contributed by atoms with Crippen molar-refractivity contribution in [2.75, 3.05) is 0 Å². The third kappa shape index (κ3) is 2.91. The average molecular weight is 189 g/mol. The lowest BCUT2D eigenvalue weighted by Gasteiger charge is -2.10. The van der Waals surface area contributed by atoms with Gasteiger partial charge in [-0.1, -0.05) is 30.3 Å². The van der Waals surface area contributed by atoms with Crippen molar-refractivity contribution < 1.29 is 9.90 Å². The van der Waals surface area contributed by atoms with Gasteiger partial charge < -0.3 is 5.11 Å². The molecule has 0 aliphatic heterocycles. The Balaban J connectivity index is 2.78. The summed E-state index contributed by atoms with van der Waals surface area (Å²) >= 11 is 0. The number of aliphatic carboxylic acids is 1. The van der Waals surface area contributed by atoms with Gasteiger partial charge in [-0.25, -0.2) is 0 Å². The molecule has 0 fully saturated rings. The van der Waals surface area contributed by atoms with Crippen LogP contribution >= 0.6 is 0 Å². The van der Waals surface area contributed by atoms with Crippen LogP contribution in [0.2, 0.25) is 0 Å². The molecular formula is C11H11NO2. The van der Waals surface area contributed by atoms with Gasteiger partial charge in [0.25, 0.3) is 0 Å². The number of benzene rings is 1. The molecule has 1 rings (SSSR count). The maximum absolute atomic E-state index is 10.5. The van der Waals surface area contributed by atoms with Gasteiger partial charge in [-0.2, -0.15) is 5.26 Å². The number of hydrogen-bond acceptors (Lipinski definition) is 2. The van der Waals surface area contributed by atoms with E-state index in [4.69, 9.17) is 10.4 Å². The normalized spacial score (nSPS) is 11.6. The lowest BCUT2D eigenvalue weighted by Crippen LogP contribution is -2.05. The third-order valence-electron chi connectivity index (χ3n) is 2.03. The van der Waals surface area contributed by atoms with E-state index >= 15 is 0 Å². The van der Waals surface area contributed by atoms with E-state index < -0.39 is 5.97 Å². The highest BCUT2D eigenvalue weighted by atomic mass is 16.4. The summed E-state index contributed by atoms with van der Waals surface area (Å²) in [6, 6.07) is 11.3. The first-order valence-corrected chi connectivity index (χ1v) is 4.37. The average Bonchev–Trinajstić information content (AvgIpc) is 2.18. The van der Waals surface area contributed by atoms with Crippen LogP contribution in [0, 0.1) is 11.3 Å². The fourth-order valence-corrected chi connectivity index (χ4v) is 1.35. The molecule has 1 N–H and O–H groups in total. The first kappa shape index (κ1) is 10.3. The van der Waals surface area contributed by atoms with Crippen LogP contribution in [0.3, 0.4) is 0 Å². The Bertz CT molecular complexity index is 340. The largest absolute Gasteiger partial charge is 0.481 e. The lowest BCUT2D eigenvalue weighted by molar-refractivity contribution is -0.137. The van der Waals surface area contributed by atoms with Gasteiger partial charge in [0.15, 0.2) is 0 Å². The summed E-state index contributed by atoms with van der Waals surface area (Å²) in [5.41, 5.74) is 0.913. The number of carboxylic acids is 1. The summed E-state index contributed by atoms with van der Waals surface area (Å²) in [6.07, 6.45) is 0.258. The molecule has 0 amide bonds. The number of nitrogens with zero attached hydrogens (tertiary/aromatic N) is 1. The molecule has 1 aromatic rings. The SMILES string of the molecule is N#CCC(CC(=O)O)c1ccccc1. The summed E-state index contributed by atoms with van der Waals surface area (Å²) in [4.78, 5) is 10.5. The molecule has 3 heteroatoms. The van der Waals surface area contributed by atoms with Crippen molar-refractivity contribution in [3.05, 3.63) is 35.9 Å². The molecule has 0 saturated carbocycles. The third-order valence-corrected chi connectivity index (χ3v) is 2.03.